The molecule has 4 rings (SSSR count). The number of hydrogen-bond acceptors (Lipinski definition) is 12. The van der Waals surface area contributed by atoms with Gasteiger partial charge < -0.3 is 35.6 Å². The highest BCUT2D eigenvalue weighted by molar-refractivity contribution is 7.07. The molecule has 0 saturated carbocycles. The molecule has 0 unspecified atom stereocenters. The molecule has 1 aliphatic rings. The third kappa shape index (κ3) is 4.05. The van der Waals surface area contributed by atoms with Crippen LogP contribution in [0.1, 0.15) is 11.9 Å². The third-order valence-corrected chi connectivity index (χ3v) is 6.33. The fraction of sp³-hybridized carbons (Fsp3) is 0.368. The monoisotopic (exact) mass is 524 g/mol. The minimum atomic E-state index is -2.77. The Morgan fingerprint density at radius 2 is 2.09 bits per heavy atom. The highest BCUT2D eigenvalue weighted by atomic mass is 35.5. The minimum absolute atomic E-state index is 0.0481. The molecule has 35 heavy (non-hydrogen) atoms. The van der Waals surface area contributed by atoms with Gasteiger partial charge in [-0.05, 0) is 11.6 Å². The molecule has 184 valence electrons. The van der Waals surface area contributed by atoms with Crippen molar-refractivity contribution in [1.82, 2.24) is 24.5 Å². The first-order valence-electron chi connectivity index (χ1n) is 9.70. The standard InChI is InChI=1S/C19H17ClN6O8S/c1-2-18(32)9(4-33-19(15(28)29,16(30)31)3-8-5-35-7-23-8)34-14(11(18)27)26-6-22-10-12(21)24-17(20)25-13(10)26/h1,5-7,9,11,14,27,32H,3-4H2,(H,28,29)(H,30,31)(H2,21,24,25)/t9-,11+,14-,18-/m1/s1. The molecule has 1 saturated heterocycles. The molecule has 0 bridgehead atoms. The Labute approximate surface area is 204 Å². The molecule has 0 aromatic carbocycles. The first kappa shape index (κ1) is 24.7. The second-order valence-electron chi connectivity index (χ2n) is 7.54. The second kappa shape index (κ2) is 9.00. The van der Waals surface area contributed by atoms with Crippen LogP contribution in [0.5, 0.6) is 0 Å². The van der Waals surface area contributed by atoms with Crippen molar-refractivity contribution in [2.75, 3.05) is 12.3 Å². The van der Waals surface area contributed by atoms with Crippen molar-refractivity contribution in [3.05, 3.63) is 28.2 Å². The van der Waals surface area contributed by atoms with E-state index in [1.54, 1.807) is 0 Å². The molecule has 0 radical (unpaired) electrons. The lowest BCUT2D eigenvalue weighted by Gasteiger charge is -2.29. The van der Waals surface area contributed by atoms with E-state index < -0.39 is 54.6 Å². The minimum Gasteiger partial charge on any atom is -0.479 e. The van der Waals surface area contributed by atoms with Crippen molar-refractivity contribution >= 4 is 51.9 Å². The van der Waals surface area contributed by atoms with Gasteiger partial charge in [-0.25, -0.2) is 19.6 Å². The van der Waals surface area contributed by atoms with Gasteiger partial charge in [-0.15, -0.1) is 17.8 Å². The number of aromatic nitrogens is 5. The number of fused-ring (bicyclic) bond motifs is 1. The Morgan fingerprint density at radius 1 is 1.37 bits per heavy atom. The predicted octanol–water partition coefficient (Wildman–Crippen LogP) is -0.692. The summed E-state index contributed by atoms with van der Waals surface area (Å²) in [5.74, 6) is -1.64. The second-order valence-corrected chi connectivity index (χ2v) is 8.59. The number of rotatable bonds is 8. The molecular weight excluding hydrogens is 508 g/mol. The number of nitrogens with zero attached hydrogens (tertiary/aromatic N) is 5. The van der Waals surface area contributed by atoms with Gasteiger partial charge in [0, 0.05) is 11.8 Å². The fourth-order valence-corrected chi connectivity index (χ4v) is 4.36. The third-order valence-electron chi connectivity index (χ3n) is 5.53. The van der Waals surface area contributed by atoms with Crippen LogP contribution < -0.4 is 5.73 Å². The molecule has 4 atom stereocenters. The quantitative estimate of drug-likeness (QED) is 0.140. The van der Waals surface area contributed by atoms with E-state index in [4.69, 9.17) is 33.2 Å². The summed E-state index contributed by atoms with van der Waals surface area (Å²) in [6, 6.07) is 0. The number of anilines is 1. The van der Waals surface area contributed by atoms with E-state index in [0.717, 1.165) is 11.3 Å². The lowest BCUT2D eigenvalue weighted by Crippen LogP contribution is -2.55. The molecule has 16 heteroatoms. The van der Waals surface area contributed by atoms with Gasteiger partial charge in [-0.3, -0.25) is 4.57 Å². The van der Waals surface area contributed by atoms with E-state index >= 15 is 0 Å². The number of ether oxygens (including phenoxy) is 2. The van der Waals surface area contributed by atoms with Gasteiger partial charge in [0.1, 0.15) is 17.7 Å². The Hall–Kier alpha value is -3.39. The van der Waals surface area contributed by atoms with Crippen LogP contribution in [0.15, 0.2) is 17.2 Å². The van der Waals surface area contributed by atoms with Crippen LogP contribution in [0.2, 0.25) is 5.28 Å². The lowest BCUT2D eigenvalue weighted by atomic mass is 9.92. The topological polar surface area (TPSA) is 216 Å². The summed E-state index contributed by atoms with van der Waals surface area (Å²) in [6.45, 7) is -0.818. The van der Waals surface area contributed by atoms with E-state index in [1.807, 2.05) is 5.92 Å². The number of aliphatic hydroxyl groups is 2. The van der Waals surface area contributed by atoms with Crippen LogP contribution in [0.3, 0.4) is 0 Å². The van der Waals surface area contributed by atoms with Gasteiger partial charge in [0.2, 0.25) is 5.28 Å². The van der Waals surface area contributed by atoms with Crippen molar-refractivity contribution in [2.24, 2.45) is 0 Å². The molecule has 0 amide bonds. The number of carboxylic acid groups (broad SMARTS) is 2. The van der Waals surface area contributed by atoms with Gasteiger partial charge in [0.15, 0.2) is 23.3 Å². The zero-order chi connectivity index (χ0) is 25.5. The number of hydrogen-bond donors (Lipinski definition) is 5. The number of carboxylic acids is 2. The summed E-state index contributed by atoms with van der Waals surface area (Å²) in [6.07, 6.45) is 1.29. The van der Waals surface area contributed by atoms with Crippen LogP contribution in [0.25, 0.3) is 11.2 Å². The predicted molar refractivity (Wildman–Crippen MR) is 118 cm³/mol. The molecule has 3 aromatic heterocycles. The SMILES string of the molecule is C#C[C@@]1(O)[C@@H](COC(Cc2cscn2)(C(=O)O)C(=O)O)O[C@@H](n2cnc3c(N)nc(Cl)nc32)[C@@H]1O. The van der Waals surface area contributed by atoms with E-state index in [0.29, 0.717) is 0 Å². The zero-order valence-corrected chi connectivity index (χ0v) is 19.0. The lowest BCUT2D eigenvalue weighted by molar-refractivity contribution is -0.191. The van der Waals surface area contributed by atoms with Crippen LogP contribution in [0.4, 0.5) is 5.82 Å². The number of halogens is 1. The van der Waals surface area contributed by atoms with E-state index in [1.165, 1.54) is 21.8 Å². The maximum absolute atomic E-state index is 12.0. The Kier molecular flexibility index (Phi) is 6.36. The maximum atomic E-state index is 12.0. The van der Waals surface area contributed by atoms with Crippen molar-refractivity contribution in [2.45, 2.75) is 36.1 Å². The van der Waals surface area contributed by atoms with Crippen molar-refractivity contribution < 1.29 is 39.5 Å². The average Bonchev–Trinajstić information content (AvgIpc) is 3.51. The summed E-state index contributed by atoms with van der Waals surface area (Å²) in [4.78, 5) is 39.7. The molecule has 1 aliphatic heterocycles. The highest BCUT2D eigenvalue weighted by Crippen LogP contribution is 2.39. The molecule has 0 spiro atoms. The molecule has 1 fully saturated rings. The normalized spacial score (nSPS) is 24.5. The molecule has 0 aliphatic carbocycles. The molecule has 6 N–H and O–H groups in total. The summed E-state index contributed by atoms with van der Waals surface area (Å²) in [7, 11) is 0. The summed E-state index contributed by atoms with van der Waals surface area (Å²) in [5, 5.41) is 42.5. The Morgan fingerprint density at radius 3 is 2.69 bits per heavy atom. The van der Waals surface area contributed by atoms with E-state index in [2.05, 4.69) is 19.9 Å². The van der Waals surface area contributed by atoms with Crippen LogP contribution in [-0.4, -0.2) is 86.9 Å². The van der Waals surface area contributed by atoms with Gasteiger partial charge in [-0.2, -0.15) is 9.97 Å². The number of nitrogens with two attached hydrogens (primary N) is 1. The number of aliphatic hydroxyl groups excluding tert-OH is 1. The smallest absolute Gasteiger partial charge is 0.348 e. The number of nitrogen functional groups attached to an aromatic ring is 1. The first-order valence-corrected chi connectivity index (χ1v) is 11.0. The van der Waals surface area contributed by atoms with Gasteiger partial charge in [0.25, 0.3) is 5.60 Å². The van der Waals surface area contributed by atoms with E-state index in [-0.39, 0.29) is 28.0 Å². The number of imidazole rings is 1. The van der Waals surface area contributed by atoms with Crippen molar-refractivity contribution in [3.8, 4) is 12.3 Å². The van der Waals surface area contributed by atoms with Gasteiger partial charge >= 0.3 is 11.9 Å². The van der Waals surface area contributed by atoms with Gasteiger partial charge in [-0.1, -0.05) is 5.92 Å². The zero-order valence-electron chi connectivity index (χ0n) is 17.5. The number of terminal acetylenes is 1. The van der Waals surface area contributed by atoms with Crippen molar-refractivity contribution in [1.29, 1.82) is 0 Å². The molecule has 4 heterocycles. The van der Waals surface area contributed by atoms with E-state index in [9.17, 15) is 30.0 Å². The van der Waals surface area contributed by atoms with Crippen LogP contribution in [0, 0.1) is 12.3 Å². The number of aliphatic carboxylic acids is 2. The molecular formula is C19H17ClN6O8S. The molecule has 3 aromatic rings. The Bertz CT molecular complexity index is 1310. The Balaban J connectivity index is 1.65. The fourth-order valence-electron chi connectivity index (χ4n) is 3.63. The van der Waals surface area contributed by atoms with Crippen LogP contribution in [-0.2, 0) is 25.5 Å². The first-order chi connectivity index (χ1) is 16.5. The maximum Gasteiger partial charge on any atom is 0.348 e. The van der Waals surface area contributed by atoms with Crippen molar-refractivity contribution in [3.63, 3.8) is 0 Å². The largest absolute Gasteiger partial charge is 0.479 e. The highest BCUT2D eigenvalue weighted by Gasteiger charge is 2.58. The van der Waals surface area contributed by atoms with Crippen LogP contribution >= 0.6 is 22.9 Å². The summed E-state index contributed by atoms with van der Waals surface area (Å²) >= 11 is 7.00. The van der Waals surface area contributed by atoms with Gasteiger partial charge in [0.05, 0.1) is 24.1 Å². The average molecular weight is 525 g/mol. The summed E-state index contributed by atoms with van der Waals surface area (Å²) < 4.78 is 12.2. The summed E-state index contributed by atoms with van der Waals surface area (Å²) in [5.41, 5.74) is 2.36. The number of thiazole rings is 1. The molecule has 14 nitrogen and oxygen atoms in total. The number of carbonyl (C=O) groups is 2.